The van der Waals surface area contributed by atoms with Crippen molar-refractivity contribution in [3.8, 4) is 0 Å². The molecule has 1 aliphatic rings. The van der Waals surface area contributed by atoms with Crippen LogP contribution in [0.25, 0.3) is 0 Å². The summed E-state index contributed by atoms with van der Waals surface area (Å²) in [6.45, 7) is 2.58. The summed E-state index contributed by atoms with van der Waals surface area (Å²) in [5, 5.41) is 14.4. The zero-order valence-corrected chi connectivity index (χ0v) is 11.1. The largest absolute Gasteiger partial charge is 0.388 e. The molecule has 0 amide bonds. The van der Waals surface area contributed by atoms with E-state index in [1.807, 2.05) is 25.1 Å². The maximum atomic E-state index is 10.4. The van der Waals surface area contributed by atoms with Crippen LogP contribution in [0.3, 0.4) is 0 Å². The number of benzene rings is 1. The van der Waals surface area contributed by atoms with Crippen molar-refractivity contribution >= 4 is 17.3 Å². The summed E-state index contributed by atoms with van der Waals surface area (Å²) < 4.78 is 0. The molecule has 0 atom stereocenters. The third kappa shape index (κ3) is 3.14. The van der Waals surface area contributed by atoms with E-state index in [0.29, 0.717) is 6.54 Å². The molecule has 1 aliphatic carbocycles. The molecule has 0 aromatic heterocycles. The highest BCUT2D eigenvalue weighted by molar-refractivity contribution is 6.33. The number of aliphatic hydroxyl groups is 1. The minimum atomic E-state index is -0.550. The fourth-order valence-corrected chi connectivity index (χ4v) is 2.62. The molecule has 0 spiro atoms. The van der Waals surface area contributed by atoms with E-state index < -0.39 is 5.60 Å². The minimum absolute atomic E-state index is 0.550. The van der Waals surface area contributed by atoms with Crippen molar-refractivity contribution in [3.05, 3.63) is 28.8 Å². The van der Waals surface area contributed by atoms with Gasteiger partial charge in [0.2, 0.25) is 0 Å². The zero-order chi connectivity index (χ0) is 12.3. The summed E-state index contributed by atoms with van der Waals surface area (Å²) in [4.78, 5) is 0. The third-order valence-electron chi connectivity index (χ3n) is 3.58. The number of hydrogen-bond acceptors (Lipinski definition) is 2. The first-order valence-corrected chi connectivity index (χ1v) is 6.70. The Kier molecular flexibility index (Phi) is 3.95. The molecule has 1 fully saturated rings. The molecule has 0 heterocycles. The molecular weight excluding hydrogens is 234 g/mol. The average molecular weight is 254 g/mol. The maximum Gasteiger partial charge on any atom is 0.0819 e. The summed E-state index contributed by atoms with van der Waals surface area (Å²) >= 11 is 6.21. The van der Waals surface area contributed by atoms with E-state index in [0.717, 1.165) is 42.0 Å². The van der Waals surface area contributed by atoms with Crippen LogP contribution in [0.2, 0.25) is 5.02 Å². The number of rotatable bonds is 3. The second-order valence-electron chi connectivity index (χ2n) is 5.08. The number of aryl methyl sites for hydroxylation is 1. The average Bonchev–Trinajstić information content (AvgIpc) is 2.32. The molecule has 0 bridgehead atoms. The molecule has 0 aliphatic heterocycles. The molecule has 1 aromatic carbocycles. The van der Waals surface area contributed by atoms with E-state index in [1.165, 1.54) is 6.42 Å². The van der Waals surface area contributed by atoms with Crippen molar-refractivity contribution in [3.63, 3.8) is 0 Å². The van der Waals surface area contributed by atoms with E-state index in [1.54, 1.807) is 0 Å². The van der Waals surface area contributed by atoms with Gasteiger partial charge in [0.15, 0.2) is 0 Å². The van der Waals surface area contributed by atoms with Crippen LogP contribution >= 0.6 is 11.6 Å². The van der Waals surface area contributed by atoms with Crippen LogP contribution in [-0.2, 0) is 0 Å². The molecular formula is C14H20ClNO. The Hall–Kier alpha value is -0.730. The van der Waals surface area contributed by atoms with E-state index in [4.69, 9.17) is 11.6 Å². The van der Waals surface area contributed by atoms with Crippen molar-refractivity contribution in [1.29, 1.82) is 0 Å². The molecule has 0 saturated heterocycles. The van der Waals surface area contributed by atoms with Crippen LogP contribution in [-0.4, -0.2) is 17.3 Å². The second-order valence-corrected chi connectivity index (χ2v) is 5.45. The molecule has 0 radical (unpaired) electrons. The van der Waals surface area contributed by atoms with E-state index >= 15 is 0 Å². The smallest absolute Gasteiger partial charge is 0.0819 e. The number of anilines is 1. The fourth-order valence-electron chi connectivity index (χ4n) is 2.43. The van der Waals surface area contributed by atoms with Crippen molar-refractivity contribution in [2.45, 2.75) is 44.6 Å². The van der Waals surface area contributed by atoms with Gasteiger partial charge in [-0.25, -0.2) is 0 Å². The molecule has 94 valence electrons. The van der Waals surface area contributed by atoms with Gasteiger partial charge in [0.05, 0.1) is 16.3 Å². The Morgan fingerprint density at radius 2 is 2.00 bits per heavy atom. The molecule has 2 N–H and O–H groups in total. The highest BCUT2D eigenvalue weighted by Gasteiger charge is 2.28. The van der Waals surface area contributed by atoms with Gasteiger partial charge in [-0.3, -0.25) is 0 Å². The SMILES string of the molecule is Cc1cccc(NCC2(O)CCCCC2)c1Cl. The lowest BCUT2D eigenvalue weighted by Gasteiger charge is -2.32. The molecule has 2 rings (SSSR count). The first-order valence-electron chi connectivity index (χ1n) is 6.32. The van der Waals surface area contributed by atoms with E-state index in [2.05, 4.69) is 5.32 Å². The van der Waals surface area contributed by atoms with Crippen molar-refractivity contribution in [2.75, 3.05) is 11.9 Å². The fraction of sp³-hybridized carbons (Fsp3) is 0.571. The first kappa shape index (κ1) is 12.7. The van der Waals surface area contributed by atoms with Crippen LogP contribution < -0.4 is 5.32 Å². The topological polar surface area (TPSA) is 32.3 Å². The maximum absolute atomic E-state index is 10.4. The van der Waals surface area contributed by atoms with Crippen LogP contribution in [0.15, 0.2) is 18.2 Å². The van der Waals surface area contributed by atoms with Crippen LogP contribution in [0.5, 0.6) is 0 Å². The standard InChI is InChI=1S/C14H20ClNO/c1-11-6-5-7-12(13(11)15)16-10-14(17)8-3-2-4-9-14/h5-7,16-17H,2-4,8-10H2,1H3. The molecule has 3 heteroatoms. The van der Waals surface area contributed by atoms with Crippen molar-refractivity contribution in [2.24, 2.45) is 0 Å². The van der Waals surface area contributed by atoms with Gasteiger partial charge in [0, 0.05) is 6.54 Å². The van der Waals surface area contributed by atoms with Crippen LogP contribution in [0.1, 0.15) is 37.7 Å². The van der Waals surface area contributed by atoms with Crippen LogP contribution in [0, 0.1) is 6.92 Å². The lowest BCUT2D eigenvalue weighted by Crippen LogP contribution is -2.38. The minimum Gasteiger partial charge on any atom is -0.388 e. The van der Waals surface area contributed by atoms with Gasteiger partial charge in [0.25, 0.3) is 0 Å². The Balaban J connectivity index is 1.99. The lowest BCUT2D eigenvalue weighted by molar-refractivity contribution is 0.0167. The van der Waals surface area contributed by atoms with E-state index in [-0.39, 0.29) is 0 Å². The summed E-state index contributed by atoms with van der Waals surface area (Å²) in [6.07, 6.45) is 5.28. The van der Waals surface area contributed by atoms with Crippen LogP contribution in [0.4, 0.5) is 5.69 Å². The first-order chi connectivity index (χ1) is 8.11. The molecule has 1 aromatic rings. The summed E-state index contributed by atoms with van der Waals surface area (Å²) in [7, 11) is 0. The van der Waals surface area contributed by atoms with Gasteiger partial charge in [-0.2, -0.15) is 0 Å². The normalized spacial score (nSPS) is 19.0. The van der Waals surface area contributed by atoms with Gasteiger partial charge in [0.1, 0.15) is 0 Å². The second kappa shape index (κ2) is 5.28. The van der Waals surface area contributed by atoms with Gasteiger partial charge in [-0.05, 0) is 31.4 Å². The summed E-state index contributed by atoms with van der Waals surface area (Å²) in [5.74, 6) is 0. The monoisotopic (exact) mass is 253 g/mol. The van der Waals surface area contributed by atoms with Gasteiger partial charge in [-0.1, -0.05) is 43.0 Å². The van der Waals surface area contributed by atoms with Crippen molar-refractivity contribution < 1.29 is 5.11 Å². The highest BCUT2D eigenvalue weighted by atomic mass is 35.5. The Labute approximate surface area is 108 Å². The summed E-state index contributed by atoms with van der Waals surface area (Å²) in [5.41, 5.74) is 1.43. The summed E-state index contributed by atoms with van der Waals surface area (Å²) in [6, 6.07) is 5.93. The number of nitrogens with one attached hydrogen (secondary N) is 1. The lowest BCUT2D eigenvalue weighted by atomic mass is 9.85. The predicted molar refractivity (Wildman–Crippen MR) is 72.7 cm³/mol. The molecule has 2 nitrogen and oxygen atoms in total. The quantitative estimate of drug-likeness (QED) is 0.860. The Bertz CT molecular complexity index is 386. The zero-order valence-electron chi connectivity index (χ0n) is 10.3. The van der Waals surface area contributed by atoms with Gasteiger partial charge in [-0.15, -0.1) is 0 Å². The van der Waals surface area contributed by atoms with E-state index in [9.17, 15) is 5.11 Å². The van der Waals surface area contributed by atoms with Crippen molar-refractivity contribution in [1.82, 2.24) is 0 Å². The predicted octanol–water partition coefficient (Wildman–Crippen LogP) is 3.76. The molecule has 17 heavy (non-hydrogen) atoms. The number of hydrogen-bond donors (Lipinski definition) is 2. The van der Waals surface area contributed by atoms with Gasteiger partial charge >= 0.3 is 0 Å². The highest BCUT2D eigenvalue weighted by Crippen LogP contribution is 2.30. The third-order valence-corrected chi connectivity index (χ3v) is 4.09. The molecule has 1 saturated carbocycles. The van der Waals surface area contributed by atoms with Gasteiger partial charge < -0.3 is 10.4 Å². The Morgan fingerprint density at radius 1 is 1.29 bits per heavy atom. The number of halogens is 1. The molecule has 0 unspecified atom stereocenters. The Morgan fingerprint density at radius 3 is 2.71 bits per heavy atom.